The largest absolute Gasteiger partial charge is 0.492 e. The van der Waals surface area contributed by atoms with Crippen molar-refractivity contribution in [1.29, 1.82) is 0 Å². The van der Waals surface area contributed by atoms with Crippen LogP contribution in [0.5, 0.6) is 5.75 Å². The Morgan fingerprint density at radius 2 is 1.72 bits per heavy atom. The number of para-hydroxylation sites is 1. The molecule has 0 saturated carbocycles. The molecular formula is C35H46N4O4. The Kier molecular flexibility index (Phi) is 12.4. The van der Waals surface area contributed by atoms with Crippen molar-refractivity contribution in [3.63, 3.8) is 0 Å². The van der Waals surface area contributed by atoms with Gasteiger partial charge in [0, 0.05) is 32.0 Å². The van der Waals surface area contributed by atoms with E-state index in [0.717, 1.165) is 60.7 Å². The van der Waals surface area contributed by atoms with Gasteiger partial charge < -0.3 is 25.2 Å². The molecule has 2 N–H and O–H groups in total. The fraction of sp³-hybridized carbons (Fsp3) is 0.457. The van der Waals surface area contributed by atoms with Gasteiger partial charge in [-0.3, -0.25) is 14.4 Å². The van der Waals surface area contributed by atoms with Crippen LogP contribution in [-0.2, 0) is 20.8 Å². The standard InChI is InChI=1S/C35H46N4O4/c1-3-28(4-2)35(42)38-22-10-16-33(38)39(26-40)32(25-27-17-18-29-12-8-9-13-30(29)24-27)34(41)37-20-11-19-36-21-23-43-31-14-6-5-7-15-31/h5-9,12-15,17-18,24,26,28,32-33,36H,3-4,10-11,16,19-23,25H2,1-2H3,(H,37,41)/t32-,33?/m1/s1. The number of carbonyl (C=O) groups is 3. The minimum Gasteiger partial charge on any atom is -0.492 e. The summed E-state index contributed by atoms with van der Waals surface area (Å²) in [5, 5.41) is 8.63. The molecular weight excluding hydrogens is 540 g/mol. The summed E-state index contributed by atoms with van der Waals surface area (Å²) in [5.41, 5.74) is 0.974. The average molecular weight is 587 g/mol. The molecule has 1 unspecified atom stereocenters. The van der Waals surface area contributed by atoms with Gasteiger partial charge in [0.25, 0.3) is 0 Å². The molecule has 230 valence electrons. The Morgan fingerprint density at radius 1 is 0.977 bits per heavy atom. The second kappa shape index (κ2) is 16.7. The molecule has 4 rings (SSSR count). The topological polar surface area (TPSA) is 91.0 Å². The normalized spacial score (nSPS) is 15.4. The summed E-state index contributed by atoms with van der Waals surface area (Å²) in [6.45, 7) is 7.12. The maximum atomic E-state index is 13.7. The highest BCUT2D eigenvalue weighted by molar-refractivity contribution is 5.86. The first-order valence-corrected chi connectivity index (χ1v) is 15.7. The lowest BCUT2D eigenvalue weighted by Gasteiger charge is -2.38. The zero-order valence-electron chi connectivity index (χ0n) is 25.5. The minimum absolute atomic E-state index is 0.0755. The smallest absolute Gasteiger partial charge is 0.243 e. The molecule has 8 nitrogen and oxygen atoms in total. The van der Waals surface area contributed by atoms with Gasteiger partial charge in [0.1, 0.15) is 24.6 Å². The summed E-state index contributed by atoms with van der Waals surface area (Å²) in [7, 11) is 0. The van der Waals surface area contributed by atoms with E-state index in [4.69, 9.17) is 4.74 Å². The molecule has 1 fully saturated rings. The van der Waals surface area contributed by atoms with E-state index < -0.39 is 12.2 Å². The molecule has 8 heteroatoms. The number of hydrogen-bond donors (Lipinski definition) is 2. The van der Waals surface area contributed by atoms with Crippen LogP contribution in [0.3, 0.4) is 0 Å². The van der Waals surface area contributed by atoms with Crippen molar-refractivity contribution in [2.75, 3.05) is 32.8 Å². The third-order valence-electron chi connectivity index (χ3n) is 8.33. The predicted molar refractivity (Wildman–Crippen MR) is 171 cm³/mol. The van der Waals surface area contributed by atoms with Crippen LogP contribution in [-0.4, -0.2) is 73.0 Å². The van der Waals surface area contributed by atoms with Crippen molar-refractivity contribution >= 4 is 29.0 Å². The highest BCUT2D eigenvalue weighted by atomic mass is 16.5. The van der Waals surface area contributed by atoms with Gasteiger partial charge in [-0.1, -0.05) is 74.5 Å². The van der Waals surface area contributed by atoms with Crippen molar-refractivity contribution in [1.82, 2.24) is 20.4 Å². The zero-order valence-corrected chi connectivity index (χ0v) is 25.5. The maximum Gasteiger partial charge on any atom is 0.243 e. The van der Waals surface area contributed by atoms with E-state index in [2.05, 4.69) is 34.9 Å². The number of nitrogens with one attached hydrogen (secondary N) is 2. The first kappa shape index (κ1) is 32.0. The maximum absolute atomic E-state index is 13.7. The third-order valence-corrected chi connectivity index (χ3v) is 8.33. The first-order chi connectivity index (χ1) is 21.0. The third kappa shape index (κ3) is 8.80. The highest BCUT2D eigenvalue weighted by Crippen LogP contribution is 2.27. The van der Waals surface area contributed by atoms with Crippen LogP contribution >= 0.6 is 0 Å². The number of fused-ring (bicyclic) bond motifs is 1. The van der Waals surface area contributed by atoms with Gasteiger partial charge in [0.15, 0.2) is 0 Å². The van der Waals surface area contributed by atoms with E-state index >= 15 is 0 Å². The molecule has 0 aliphatic carbocycles. The van der Waals surface area contributed by atoms with Crippen LogP contribution in [0, 0.1) is 5.92 Å². The Morgan fingerprint density at radius 3 is 2.47 bits per heavy atom. The van der Waals surface area contributed by atoms with Crippen LogP contribution in [0.2, 0.25) is 0 Å². The van der Waals surface area contributed by atoms with Gasteiger partial charge >= 0.3 is 0 Å². The van der Waals surface area contributed by atoms with Gasteiger partial charge in [-0.2, -0.15) is 0 Å². The summed E-state index contributed by atoms with van der Waals surface area (Å²) in [6, 6.07) is 23.2. The Hall–Kier alpha value is -3.91. The fourth-order valence-corrected chi connectivity index (χ4v) is 5.89. The molecule has 2 atom stereocenters. The number of ether oxygens (including phenoxy) is 1. The highest BCUT2D eigenvalue weighted by Gasteiger charge is 2.39. The predicted octanol–water partition coefficient (Wildman–Crippen LogP) is 4.77. The molecule has 43 heavy (non-hydrogen) atoms. The molecule has 3 amide bonds. The Bertz CT molecular complexity index is 1310. The van der Waals surface area contributed by atoms with Crippen LogP contribution in [0.25, 0.3) is 10.8 Å². The monoisotopic (exact) mass is 586 g/mol. The molecule has 3 aromatic carbocycles. The first-order valence-electron chi connectivity index (χ1n) is 15.7. The second-order valence-corrected chi connectivity index (χ2v) is 11.2. The Labute approximate surface area is 255 Å². The van der Waals surface area contributed by atoms with Gasteiger partial charge in [-0.15, -0.1) is 0 Å². The molecule has 1 aliphatic heterocycles. The van der Waals surface area contributed by atoms with Gasteiger partial charge in [0.2, 0.25) is 18.2 Å². The lowest BCUT2D eigenvalue weighted by molar-refractivity contribution is -0.147. The fourth-order valence-electron chi connectivity index (χ4n) is 5.89. The van der Waals surface area contributed by atoms with E-state index in [-0.39, 0.29) is 17.7 Å². The molecule has 1 aliphatic rings. The summed E-state index contributed by atoms with van der Waals surface area (Å²) in [4.78, 5) is 43.2. The number of hydrogen-bond acceptors (Lipinski definition) is 5. The average Bonchev–Trinajstić information content (AvgIpc) is 3.52. The second-order valence-electron chi connectivity index (χ2n) is 11.2. The lowest BCUT2D eigenvalue weighted by atomic mass is 9.99. The van der Waals surface area contributed by atoms with E-state index in [1.807, 2.05) is 67.3 Å². The van der Waals surface area contributed by atoms with Crippen molar-refractivity contribution in [2.24, 2.45) is 5.92 Å². The van der Waals surface area contributed by atoms with Gasteiger partial charge in [-0.25, -0.2) is 0 Å². The summed E-state index contributed by atoms with van der Waals surface area (Å²) < 4.78 is 5.71. The van der Waals surface area contributed by atoms with Crippen molar-refractivity contribution in [2.45, 2.75) is 64.6 Å². The lowest BCUT2D eigenvalue weighted by Crippen LogP contribution is -2.57. The summed E-state index contributed by atoms with van der Waals surface area (Å²) in [5.74, 6) is 0.643. The van der Waals surface area contributed by atoms with E-state index in [0.29, 0.717) is 39.1 Å². The van der Waals surface area contributed by atoms with E-state index in [1.165, 1.54) is 0 Å². The van der Waals surface area contributed by atoms with E-state index in [1.54, 1.807) is 4.90 Å². The number of likely N-dealkylation sites (tertiary alicyclic amines) is 1. The van der Waals surface area contributed by atoms with Crippen molar-refractivity contribution in [3.05, 3.63) is 78.4 Å². The van der Waals surface area contributed by atoms with Crippen molar-refractivity contribution < 1.29 is 19.1 Å². The number of benzene rings is 3. The van der Waals surface area contributed by atoms with Crippen LogP contribution < -0.4 is 15.4 Å². The van der Waals surface area contributed by atoms with Gasteiger partial charge in [0.05, 0.1) is 0 Å². The molecule has 0 aromatic heterocycles. The molecule has 0 radical (unpaired) electrons. The molecule has 3 aromatic rings. The summed E-state index contributed by atoms with van der Waals surface area (Å²) >= 11 is 0. The van der Waals surface area contributed by atoms with Gasteiger partial charge in [-0.05, 0) is 67.1 Å². The molecule has 1 saturated heterocycles. The molecule has 1 heterocycles. The number of rotatable bonds is 17. The molecule has 0 bridgehead atoms. The van der Waals surface area contributed by atoms with Crippen LogP contribution in [0.4, 0.5) is 0 Å². The van der Waals surface area contributed by atoms with Crippen LogP contribution in [0.15, 0.2) is 72.8 Å². The SMILES string of the molecule is CCC(CC)C(=O)N1CCCC1N(C=O)[C@H](Cc1ccc2ccccc2c1)C(=O)NCCCNCCOc1ccccc1. The van der Waals surface area contributed by atoms with Crippen LogP contribution in [0.1, 0.15) is 51.5 Å². The summed E-state index contributed by atoms with van der Waals surface area (Å²) in [6.07, 6.45) is 4.44. The quantitative estimate of drug-likeness (QED) is 0.176. The zero-order chi connectivity index (χ0) is 30.4. The number of carbonyl (C=O) groups excluding carboxylic acids is 3. The number of amides is 3. The van der Waals surface area contributed by atoms with Crippen molar-refractivity contribution in [3.8, 4) is 5.75 Å². The minimum atomic E-state index is -0.731. The Balaban J connectivity index is 1.40. The molecule has 0 spiro atoms. The number of nitrogens with zero attached hydrogens (tertiary/aromatic N) is 2. The van der Waals surface area contributed by atoms with E-state index in [9.17, 15) is 14.4 Å².